The summed E-state index contributed by atoms with van der Waals surface area (Å²) < 4.78 is 21.2. The van der Waals surface area contributed by atoms with Crippen molar-refractivity contribution in [3.8, 4) is 0 Å². The standard InChI is InChI=1S/C6H12O6.2Fe.H4O7P2/c7-1-3(9)5(11)6(12)4(10)2-8;;;1-8(2,3)7-9(4,5)6/h1,3-6,8-12H,2H2;;;(H2,1,2,3)(H2,4,5,6)/q;2*+2;/p-4/t3-,4+,5+,6+;;;/m0.../s1. The Balaban J connectivity index is -0.000000149. The summed E-state index contributed by atoms with van der Waals surface area (Å²) in [5, 5.41) is 43.5. The average Bonchev–Trinajstić information content (AvgIpc) is 2.31. The van der Waals surface area contributed by atoms with Crippen molar-refractivity contribution < 1.29 is 97.5 Å². The van der Waals surface area contributed by atoms with Crippen LogP contribution in [0.25, 0.3) is 0 Å². The summed E-state index contributed by atoms with van der Waals surface area (Å²) >= 11 is 0. The van der Waals surface area contributed by atoms with Crippen LogP contribution < -0.4 is 19.6 Å². The topological polar surface area (TPSA) is 254 Å². The molecule has 0 rings (SSSR count). The molecule has 0 aliphatic rings. The fourth-order valence-corrected chi connectivity index (χ4v) is 1.72. The van der Waals surface area contributed by atoms with Crippen LogP contribution in [0.4, 0.5) is 0 Å². The van der Waals surface area contributed by atoms with Crippen LogP contribution in [0.15, 0.2) is 0 Å². The molecule has 0 saturated carbocycles. The Labute approximate surface area is 150 Å². The van der Waals surface area contributed by atoms with Crippen LogP contribution in [0.5, 0.6) is 0 Å². The summed E-state index contributed by atoms with van der Waals surface area (Å²) in [7, 11) is -11.4. The molecule has 13 nitrogen and oxygen atoms in total. The van der Waals surface area contributed by atoms with E-state index in [0.29, 0.717) is 0 Å². The first kappa shape index (κ1) is 31.5. The third kappa shape index (κ3) is 18.9. The molecule has 0 saturated heterocycles. The number of aliphatic hydroxyl groups excluding tert-OH is 5. The molecular weight excluding hydrogens is 454 g/mol. The summed E-state index contributed by atoms with van der Waals surface area (Å²) in [5.41, 5.74) is 0. The van der Waals surface area contributed by atoms with Crippen molar-refractivity contribution >= 4 is 21.9 Å². The maximum Gasteiger partial charge on any atom is 2.00 e. The van der Waals surface area contributed by atoms with Gasteiger partial charge >= 0.3 is 34.1 Å². The van der Waals surface area contributed by atoms with Gasteiger partial charge in [-0.05, 0) is 0 Å². The molecule has 0 aliphatic carbocycles. The Hall–Kier alpha value is 0.769. The van der Waals surface area contributed by atoms with Crippen LogP contribution in [-0.4, -0.2) is 62.8 Å². The molecule has 0 bridgehead atoms. The normalized spacial score (nSPS) is 16.4. The van der Waals surface area contributed by atoms with Gasteiger partial charge in [-0.25, -0.2) is 0 Å². The van der Waals surface area contributed by atoms with Crippen LogP contribution >= 0.6 is 15.6 Å². The minimum absolute atomic E-state index is 0. The molecule has 0 aliphatic heterocycles. The molecule has 0 radical (unpaired) electrons. The third-order valence-electron chi connectivity index (χ3n) is 1.62. The number of aliphatic hydroxyl groups is 5. The van der Waals surface area contributed by atoms with E-state index >= 15 is 0 Å². The summed E-state index contributed by atoms with van der Waals surface area (Å²) in [6, 6.07) is 0. The van der Waals surface area contributed by atoms with Crippen LogP contribution in [0, 0.1) is 0 Å². The number of hydrogen-bond donors (Lipinski definition) is 5. The van der Waals surface area contributed by atoms with E-state index in [1.54, 1.807) is 0 Å². The Kier molecular flexibility index (Phi) is 19.2. The van der Waals surface area contributed by atoms with Crippen molar-refractivity contribution in [3.05, 3.63) is 0 Å². The van der Waals surface area contributed by atoms with Gasteiger partial charge in [-0.15, -0.1) is 0 Å². The molecule has 4 atom stereocenters. The molecule has 0 amide bonds. The first-order valence-electron chi connectivity index (χ1n) is 4.79. The zero-order valence-corrected chi connectivity index (χ0v) is 14.7. The second kappa shape index (κ2) is 14.0. The molecular formula is C6H12Fe2O13P2. The zero-order valence-electron chi connectivity index (χ0n) is 10.7. The first-order chi connectivity index (χ1) is 9.25. The van der Waals surface area contributed by atoms with Crippen LogP contribution in [-0.2, 0) is 52.4 Å². The van der Waals surface area contributed by atoms with Gasteiger partial charge in [0.15, 0.2) is 6.29 Å². The molecule has 23 heavy (non-hydrogen) atoms. The Bertz CT molecular complexity index is 376. The average molecular weight is 466 g/mol. The largest absolute Gasteiger partial charge is 2.00 e. The molecule has 0 aromatic heterocycles. The van der Waals surface area contributed by atoms with E-state index in [0.717, 1.165) is 0 Å². The van der Waals surface area contributed by atoms with Crippen LogP contribution in [0.2, 0.25) is 0 Å². The zero-order chi connectivity index (χ0) is 17.4. The minimum Gasteiger partial charge on any atom is -0.790 e. The fourth-order valence-electron chi connectivity index (χ4n) is 0.741. The third-order valence-corrected chi connectivity index (χ3v) is 3.22. The van der Waals surface area contributed by atoms with E-state index in [2.05, 4.69) is 4.31 Å². The number of carbonyl (C=O) groups excluding carboxylic acids is 1. The maximum absolute atomic E-state index is 9.90. The molecule has 5 N–H and O–H groups in total. The predicted octanol–water partition coefficient (Wildman–Crippen LogP) is -6.72. The molecule has 0 aromatic carbocycles. The number of rotatable bonds is 7. The van der Waals surface area contributed by atoms with Gasteiger partial charge in [0.2, 0.25) is 0 Å². The van der Waals surface area contributed by atoms with Gasteiger partial charge < -0.3 is 63.3 Å². The van der Waals surface area contributed by atoms with Crippen molar-refractivity contribution in [1.82, 2.24) is 0 Å². The maximum atomic E-state index is 9.90. The van der Waals surface area contributed by atoms with E-state index in [4.69, 9.17) is 25.5 Å². The molecule has 0 aromatic rings. The number of carbonyl (C=O) groups is 1. The van der Waals surface area contributed by atoms with Crippen molar-refractivity contribution in [2.75, 3.05) is 6.61 Å². The van der Waals surface area contributed by atoms with Gasteiger partial charge in [-0.2, -0.15) is 0 Å². The van der Waals surface area contributed by atoms with Gasteiger partial charge in [0.25, 0.3) is 0 Å². The summed E-state index contributed by atoms with van der Waals surface area (Å²) in [6.07, 6.45) is -6.84. The van der Waals surface area contributed by atoms with Crippen molar-refractivity contribution in [2.24, 2.45) is 0 Å². The van der Waals surface area contributed by atoms with E-state index in [1.165, 1.54) is 0 Å². The number of hydrogen-bond acceptors (Lipinski definition) is 13. The van der Waals surface area contributed by atoms with Crippen molar-refractivity contribution in [2.45, 2.75) is 24.4 Å². The Morgan fingerprint density at radius 1 is 0.913 bits per heavy atom. The summed E-state index contributed by atoms with van der Waals surface area (Å²) in [4.78, 5) is 47.2. The summed E-state index contributed by atoms with van der Waals surface area (Å²) in [6.45, 7) is -0.760. The van der Waals surface area contributed by atoms with E-state index in [1.807, 2.05) is 0 Å². The first-order valence-corrected chi connectivity index (χ1v) is 7.71. The van der Waals surface area contributed by atoms with Gasteiger partial charge in [-0.3, -0.25) is 0 Å². The van der Waals surface area contributed by atoms with Crippen LogP contribution in [0.1, 0.15) is 0 Å². The second-order valence-corrected chi connectivity index (χ2v) is 5.78. The number of phosphoric acid groups is 2. The Morgan fingerprint density at radius 2 is 1.26 bits per heavy atom. The number of aldehydes is 1. The van der Waals surface area contributed by atoms with E-state index in [9.17, 15) is 33.5 Å². The predicted molar refractivity (Wildman–Crippen MR) is 53.5 cm³/mol. The molecule has 0 heterocycles. The van der Waals surface area contributed by atoms with Gasteiger partial charge in [0, 0.05) is 0 Å². The summed E-state index contributed by atoms with van der Waals surface area (Å²) in [5.74, 6) is 0. The SMILES string of the molecule is O=C[C@H](O)[C@@H](O)[C@H](O)[C@H](O)CO.O=P([O-])([O-])OP(=O)([O-])[O-].[Fe+2].[Fe+2]. The molecule has 17 heteroatoms. The smallest absolute Gasteiger partial charge is 0.790 e. The van der Waals surface area contributed by atoms with Crippen molar-refractivity contribution in [3.63, 3.8) is 0 Å². The molecule has 0 unspecified atom stereocenters. The monoisotopic (exact) mass is 466 g/mol. The quantitative estimate of drug-likeness (QED) is 0.133. The van der Waals surface area contributed by atoms with Crippen molar-refractivity contribution in [1.29, 1.82) is 0 Å². The van der Waals surface area contributed by atoms with E-state index < -0.39 is 46.7 Å². The second-order valence-electron chi connectivity index (χ2n) is 3.33. The van der Waals surface area contributed by atoms with Gasteiger partial charge in [-0.1, -0.05) is 0 Å². The van der Waals surface area contributed by atoms with Gasteiger partial charge in [0.1, 0.15) is 24.4 Å². The van der Waals surface area contributed by atoms with Crippen LogP contribution in [0.3, 0.4) is 0 Å². The van der Waals surface area contributed by atoms with Gasteiger partial charge in [0.05, 0.1) is 22.3 Å². The van der Waals surface area contributed by atoms with E-state index in [-0.39, 0.29) is 40.4 Å². The molecule has 140 valence electrons. The molecule has 0 spiro atoms. The molecule has 0 fully saturated rings. The fraction of sp³-hybridized carbons (Fsp3) is 0.833. The Morgan fingerprint density at radius 3 is 1.43 bits per heavy atom. The minimum atomic E-state index is -5.68.